The Balaban J connectivity index is 1.81. The number of piperidine rings is 1. The maximum absolute atomic E-state index is 12.5. The lowest BCUT2D eigenvalue weighted by molar-refractivity contribution is -0.139. The molecule has 0 spiro atoms. The number of aromatic hydroxyl groups is 1. The van der Waals surface area contributed by atoms with Crippen LogP contribution in [0.1, 0.15) is 39.5 Å². The lowest BCUT2D eigenvalue weighted by Gasteiger charge is -2.33. The zero-order chi connectivity index (χ0) is 19.2. The number of unbranched alkanes of at least 4 members (excludes halogenated alkanes) is 1. The Bertz CT molecular complexity index is 682. The molecule has 0 aromatic heterocycles. The van der Waals surface area contributed by atoms with Crippen molar-refractivity contribution in [3.05, 3.63) is 24.3 Å². The molecule has 1 heterocycles. The van der Waals surface area contributed by atoms with E-state index in [0.29, 0.717) is 38.1 Å². The molecule has 0 saturated carbocycles. The monoisotopic (exact) mass is 384 g/mol. The fraction of sp³-hybridized carbons (Fsp3) is 0.611. The number of nitrogens with one attached hydrogen (secondary N) is 1. The zero-order valence-corrected chi connectivity index (χ0v) is 16.2. The highest BCUT2D eigenvalue weighted by molar-refractivity contribution is 7.89. The van der Waals surface area contributed by atoms with Crippen molar-refractivity contribution < 1.29 is 23.1 Å². The standard InChI is InChI=1S/C18H28N2O5S/c1-3-4-13-26(23,24)19-15-9-11-20(12-10-15)18(22)14(2)25-17-7-5-16(21)6-8-17/h5-8,14-15,19,21H,3-4,9-13H2,1-2H3. The number of benzene rings is 1. The topological polar surface area (TPSA) is 95.9 Å². The van der Waals surface area contributed by atoms with E-state index in [1.54, 1.807) is 24.0 Å². The summed E-state index contributed by atoms with van der Waals surface area (Å²) in [5, 5.41) is 9.28. The molecule has 1 aliphatic heterocycles. The molecule has 0 bridgehead atoms. The smallest absolute Gasteiger partial charge is 0.263 e. The number of hydrogen-bond donors (Lipinski definition) is 2. The zero-order valence-electron chi connectivity index (χ0n) is 15.3. The van der Waals surface area contributed by atoms with Gasteiger partial charge < -0.3 is 14.7 Å². The first kappa shape index (κ1) is 20.5. The summed E-state index contributed by atoms with van der Waals surface area (Å²) in [6.45, 7) is 4.65. The Hall–Kier alpha value is -1.80. The molecule has 1 amide bonds. The highest BCUT2D eigenvalue weighted by atomic mass is 32.2. The van der Waals surface area contributed by atoms with Gasteiger partial charge in [-0.15, -0.1) is 0 Å². The number of carbonyl (C=O) groups excluding carboxylic acids is 1. The van der Waals surface area contributed by atoms with Crippen LogP contribution in [-0.4, -0.2) is 55.3 Å². The van der Waals surface area contributed by atoms with Crippen molar-refractivity contribution in [3.8, 4) is 11.5 Å². The number of carbonyl (C=O) groups is 1. The Morgan fingerprint density at radius 2 is 1.92 bits per heavy atom. The lowest BCUT2D eigenvalue weighted by atomic mass is 10.1. The average Bonchev–Trinajstić information content (AvgIpc) is 2.61. The lowest BCUT2D eigenvalue weighted by Crippen LogP contribution is -2.49. The summed E-state index contributed by atoms with van der Waals surface area (Å²) in [6.07, 6.45) is 2.05. The number of phenols is 1. The van der Waals surface area contributed by atoms with Gasteiger partial charge in [-0.3, -0.25) is 4.79 Å². The second-order valence-electron chi connectivity index (χ2n) is 6.64. The molecule has 1 saturated heterocycles. The van der Waals surface area contributed by atoms with Crippen molar-refractivity contribution in [2.24, 2.45) is 0 Å². The molecule has 1 aromatic rings. The Labute approximate surface area is 155 Å². The number of phenolic OH excluding ortho intramolecular Hbond substituents is 1. The minimum Gasteiger partial charge on any atom is -0.508 e. The Morgan fingerprint density at radius 1 is 1.31 bits per heavy atom. The van der Waals surface area contributed by atoms with Crippen LogP contribution >= 0.6 is 0 Å². The van der Waals surface area contributed by atoms with Crippen LogP contribution in [0.15, 0.2) is 24.3 Å². The molecule has 0 radical (unpaired) electrons. The van der Waals surface area contributed by atoms with Gasteiger partial charge in [0, 0.05) is 19.1 Å². The van der Waals surface area contributed by atoms with Crippen molar-refractivity contribution >= 4 is 15.9 Å². The minimum atomic E-state index is -3.24. The van der Waals surface area contributed by atoms with Crippen LogP contribution in [0.5, 0.6) is 11.5 Å². The van der Waals surface area contributed by atoms with Crippen molar-refractivity contribution in [2.45, 2.75) is 51.7 Å². The molecule has 7 nitrogen and oxygen atoms in total. The molecular weight excluding hydrogens is 356 g/mol. The normalized spacial score (nSPS) is 17.1. The predicted octanol–water partition coefficient (Wildman–Crippen LogP) is 1.87. The van der Waals surface area contributed by atoms with Gasteiger partial charge in [-0.1, -0.05) is 13.3 Å². The number of nitrogens with zero attached hydrogens (tertiary/aromatic N) is 1. The Morgan fingerprint density at radius 3 is 2.50 bits per heavy atom. The van der Waals surface area contributed by atoms with Crippen LogP contribution in [0.4, 0.5) is 0 Å². The van der Waals surface area contributed by atoms with E-state index >= 15 is 0 Å². The summed E-state index contributed by atoms with van der Waals surface area (Å²) < 4.78 is 32.3. The molecule has 1 fully saturated rings. The van der Waals surface area contributed by atoms with Gasteiger partial charge >= 0.3 is 0 Å². The van der Waals surface area contributed by atoms with Gasteiger partial charge in [0.15, 0.2) is 6.10 Å². The van der Waals surface area contributed by atoms with E-state index in [4.69, 9.17) is 4.74 Å². The van der Waals surface area contributed by atoms with Gasteiger partial charge in [-0.05, 0) is 50.5 Å². The van der Waals surface area contributed by atoms with Crippen LogP contribution in [0, 0.1) is 0 Å². The maximum Gasteiger partial charge on any atom is 0.263 e. The van der Waals surface area contributed by atoms with E-state index in [2.05, 4.69) is 4.72 Å². The van der Waals surface area contributed by atoms with Crippen LogP contribution in [0.25, 0.3) is 0 Å². The van der Waals surface area contributed by atoms with Gasteiger partial charge in [0.05, 0.1) is 5.75 Å². The highest BCUT2D eigenvalue weighted by Crippen LogP contribution is 2.19. The average molecular weight is 384 g/mol. The summed E-state index contributed by atoms with van der Waals surface area (Å²) in [7, 11) is -3.24. The third-order valence-corrected chi connectivity index (χ3v) is 5.94. The quantitative estimate of drug-likeness (QED) is 0.713. The fourth-order valence-corrected chi connectivity index (χ4v) is 4.43. The van der Waals surface area contributed by atoms with E-state index in [-0.39, 0.29) is 23.5 Å². The number of amides is 1. The van der Waals surface area contributed by atoms with E-state index in [0.717, 1.165) is 6.42 Å². The van der Waals surface area contributed by atoms with E-state index in [1.807, 2.05) is 6.92 Å². The first-order valence-corrected chi connectivity index (χ1v) is 10.7. The molecule has 2 N–H and O–H groups in total. The SMILES string of the molecule is CCCCS(=O)(=O)NC1CCN(C(=O)C(C)Oc2ccc(O)cc2)CC1. The molecule has 8 heteroatoms. The number of likely N-dealkylation sites (tertiary alicyclic amines) is 1. The number of rotatable bonds is 8. The summed E-state index contributed by atoms with van der Waals surface area (Å²) in [5.74, 6) is 0.688. The number of hydrogen-bond acceptors (Lipinski definition) is 5. The molecule has 1 aliphatic rings. The summed E-state index contributed by atoms with van der Waals surface area (Å²) in [6, 6.07) is 6.10. The molecule has 1 unspecified atom stereocenters. The van der Waals surface area contributed by atoms with E-state index < -0.39 is 16.1 Å². The van der Waals surface area contributed by atoms with Crippen molar-refractivity contribution in [1.29, 1.82) is 0 Å². The van der Waals surface area contributed by atoms with Crippen LogP contribution in [-0.2, 0) is 14.8 Å². The second-order valence-corrected chi connectivity index (χ2v) is 8.52. The van der Waals surface area contributed by atoms with Crippen molar-refractivity contribution in [1.82, 2.24) is 9.62 Å². The molecule has 146 valence electrons. The van der Waals surface area contributed by atoms with Gasteiger partial charge in [-0.2, -0.15) is 0 Å². The molecule has 1 aromatic carbocycles. The Kier molecular flexibility index (Phi) is 7.28. The van der Waals surface area contributed by atoms with Gasteiger partial charge in [-0.25, -0.2) is 13.1 Å². The predicted molar refractivity (Wildman–Crippen MR) is 99.6 cm³/mol. The van der Waals surface area contributed by atoms with Gasteiger partial charge in [0.1, 0.15) is 11.5 Å². The van der Waals surface area contributed by atoms with Gasteiger partial charge in [0.2, 0.25) is 10.0 Å². The van der Waals surface area contributed by atoms with Gasteiger partial charge in [0.25, 0.3) is 5.91 Å². The molecule has 26 heavy (non-hydrogen) atoms. The maximum atomic E-state index is 12.5. The van der Waals surface area contributed by atoms with Crippen LogP contribution in [0.2, 0.25) is 0 Å². The first-order chi connectivity index (χ1) is 12.3. The third-order valence-electron chi connectivity index (χ3n) is 4.42. The summed E-state index contributed by atoms with van der Waals surface area (Å²) in [4.78, 5) is 14.2. The molecule has 1 atom stereocenters. The highest BCUT2D eigenvalue weighted by Gasteiger charge is 2.28. The molecule has 0 aliphatic carbocycles. The fourth-order valence-electron chi connectivity index (χ4n) is 2.90. The van der Waals surface area contributed by atoms with E-state index in [1.165, 1.54) is 12.1 Å². The van der Waals surface area contributed by atoms with Crippen LogP contribution in [0.3, 0.4) is 0 Å². The van der Waals surface area contributed by atoms with Crippen molar-refractivity contribution in [2.75, 3.05) is 18.8 Å². The van der Waals surface area contributed by atoms with E-state index in [9.17, 15) is 18.3 Å². The third kappa shape index (κ3) is 6.17. The largest absolute Gasteiger partial charge is 0.508 e. The summed E-state index contributed by atoms with van der Waals surface area (Å²) in [5.41, 5.74) is 0. The summed E-state index contributed by atoms with van der Waals surface area (Å²) >= 11 is 0. The molecular formula is C18H28N2O5S. The molecule has 2 rings (SSSR count). The van der Waals surface area contributed by atoms with Crippen LogP contribution < -0.4 is 9.46 Å². The number of ether oxygens (including phenoxy) is 1. The number of sulfonamides is 1. The minimum absolute atomic E-state index is 0.116. The first-order valence-electron chi connectivity index (χ1n) is 9.05. The van der Waals surface area contributed by atoms with Crippen molar-refractivity contribution in [3.63, 3.8) is 0 Å². The second kappa shape index (κ2) is 9.23.